The first kappa shape index (κ1) is 19.1. The average Bonchev–Trinajstić information content (AvgIpc) is 3.16. The Morgan fingerprint density at radius 2 is 2.03 bits per heavy atom. The number of para-hydroxylation sites is 1. The first-order chi connectivity index (χ1) is 14.5. The molecule has 2 aromatic carbocycles. The van der Waals surface area contributed by atoms with E-state index in [1.807, 2.05) is 25.1 Å². The zero-order valence-electron chi connectivity index (χ0n) is 16.2. The molecular weight excluding hydrogens is 385 g/mol. The molecule has 0 atom stereocenters. The Hall–Kier alpha value is -4.25. The largest absolute Gasteiger partial charge is 0.494 e. The summed E-state index contributed by atoms with van der Waals surface area (Å²) in [6, 6.07) is 15.0. The lowest BCUT2D eigenvalue weighted by atomic mass is 10.1. The standard InChI is InChI=1S/C22H16FN5O2/c1-13-10-19(26-20-15(13)7-5-9-18(20)30-2)28-21(14(11-24)12-25-28)27-22(29)16-6-3-4-8-17(16)23/h3-10,12H,1-2H3,(H,27,29). The number of aryl methyl sites for hydroxylation is 1. The number of nitrogens with zero attached hydrogens (tertiary/aromatic N) is 4. The number of carbonyl (C=O) groups excluding carboxylic acids is 1. The molecule has 148 valence electrons. The smallest absolute Gasteiger partial charge is 0.259 e. The molecule has 0 spiro atoms. The molecule has 0 aliphatic heterocycles. The van der Waals surface area contributed by atoms with Crippen molar-refractivity contribution < 1.29 is 13.9 Å². The van der Waals surface area contributed by atoms with Crippen molar-refractivity contribution in [3.8, 4) is 17.6 Å². The number of methoxy groups -OCH3 is 1. The lowest BCUT2D eigenvalue weighted by molar-refractivity contribution is 0.102. The van der Waals surface area contributed by atoms with Crippen LogP contribution in [0.3, 0.4) is 0 Å². The number of ether oxygens (including phenoxy) is 1. The molecule has 7 nitrogen and oxygen atoms in total. The number of nitrogens with one attached hydrogen (secondary N) is 1. The number of rotatable bonds is 4. The van der Waals surface area contributed by atoms with E-state index in [2.05, 4.69) is 15.4 Å². The average molecular weight is 401 g/mol. The van der Waals surface area contributed by atoms with Crippen molar-refractivity contribution in [2.45, 2.75) is 6.92 Å². The number of hydrogen-bond donors (Lipinski definition) is 1. The third kappa shape index (κ3) is 3.22. The number of anilines is 1. The maximum Gasteiger partial charge on any atom is 0.259 e. The molecule has 0 unspecified atom stereocenters. The number of benzene rings is 2. The summed E-state index contributed by atoms with van der Waals surface area (Å²) < 4.78 is 20.8. The molecule has 1 amide bonds. The molecule has 4 rings (SSSR count). The van der Waals surface area contributed by atoms with Crippen LogP contribution in [0.5, 0.6) is 5.75 Å². The van der Waals surface area contributed by atoms with E-state index in [9.17, 15) is 14.4 Å². The highest BCUT2D eigenvalue weighted by Crippen LogP contribution is 2.29. The summed E-state index contributed by atoms with van der Waals surface area (Å²) in [7, 11) is 1.56. The van der Waals surface area contributed by atoms with Crippen LogP contribution in [-0.2, 0) is 0 Å². The molecule has 0 bridgehead atoms. The Morgan fingerprint density at radius 1 is 1.23 bits per heavy atom. The molecule has 8 heteroatoms. The van der Waals surface area contributed by atoms with Gasteiger partial charge in [0, 0.05) is 5.39 Å². The van der Waals surface area contributed by atoms with Crippen LogP contribution in [0.4, 0.5) is 10.2 Å². The number of aromatic nitrogens is 3. The van der Waals surface area contributed by atoms with E-state index in [4.69, 9.17) is 4.74 Å². The van der Waals surface area contributed by atoms with Crippen molar-refractivity contribution in [3.05, 3.63) is 77.2 Å². The van der Waals surface area contributed by atoms with Crippen LogP contribution in [0.15, 0.2) is 54.7 Å². The van der Waals surface area contributed by atoms with Crippen molar-refractivity contribution in [1.29, 1.82) is 5.26 Å². The zero-order valence-corrected chi connectivity index (χ0v) is 16.2. The molecule has 2 aromatic heterocycles. The highest BCUT2D eigenvalue weighted by Gasteiger charge is 2.20. The Morgan fingerprint density at radius 3 is 2.77 bits per heavy atom. The van der Waals surface area contributed by atoms with Gasteiger partial charge in [0.15, 0.2) is 11.6 Å². The number of amides is 1. The molecule has 0 fully saturated rings. The minimum atomic E-state index is -0.693. The molecule has 0 aliphatic rings. The SMILES string of the molecule is COc1cccc2c(C)cc(-n3ncc(C#N)c3NC(=O)c3ccccc3F)nc12. The minimum Gasteiger partial charge on any atom is -0.494 e. The van der Waals surface area contributed by atoms with Gasteiger partial charge in [-0.25, -0.2) is 9.37 Å². The molecule has 2 heterocycles. The van der Waals surface area contributed by atoms with Gasteiger partial charge in [-0.2, -0.15) is 15.0 Å². The number of nitriles is 1. The zero-order chi connectivity index (χ0) is 21.3. The second-order valence-corrected chi connectivity index (χ2v) is 6.52. The minimum absolute atomic E-state index is 0.104. The van der Waals surface area contributed by atoms with Crippen LogP contribution in [0.2, 0.25) is 0 Å². The molecule has 0 saturated carbocycles. The molecule has 1 N–H and O–H groups in total. The van der Waals surface area contributed by atoms with Crippen LogP contribution in [0.1, 0.15) is 21.5 Å². The Balaban J connectivity index is 1.84. The molecule has 30 heavy (non-hydrogen) atoms. The summed E-state index contributed by atoms with van der Waals surface area (Å²) in [6.07, 6.45) is 1.32. The quantitative estimate of drug-likeness (QED) is 0.558. The van der Waals surface area contributed by atoms with Crippen molar-refractivity contribution in [2.75, 3.05) is 12.4 Å². The topological polar surface area (TPSA) is 92.8 Å². The Kier molecular flexibility index (Phi) is 4.86. The summed E-state index contributed by atoms with van der Waals surface area (Å²) >= 11 is 0. The molecule has 0 saturated heterocycles. The van der Waals surface area contributed by atoms with Gasteiger partial charge in [-0.1, -0.05) is 24.3 Å². The number of halogens is 1. The highest BCUT2D eigenvalue weighted by atomic mass is 19.1. The van der Waals surface area contributed by atoms with Crippen LogP contribution >= 0.6 is 0 Å². The van der Waals surface area contributed by atoms with Gasteiger partial charge in [0.05, 0.1) is 18.9 Å². The number of hydrogen-bond acceptors (Lipinski definition) is 5. The summed E-state index contributed by atoms with van der Waals surface area (Å²) in [4.78, 5) is 17.2. The van der Waals surface area contributed by atoms with Gasteiger partial charge < -0.3 is 10.1 Å². The van der Waals surface area contributed by atoms with Gasteiger partial charge >= 0.3 is 0 Å². The normalized spacial score (nSPS) is 10.6. The van der Waals surface area contributed by atoms with E-state index >= 15 is 0 Å². The second kappa shape index (κ2) is 7.64. The first-order valence-corrected chi connectivity index (χ1v) is 9.02. The van der Waals surface area contributed by atoms with Crippen molar-refractivity contribution in [3.63, 3.8) is 0 Å². The maximum absolute atomic E-state index is 14.0. The van der Waals surface area contributed by atoms with Gasteiger partial charge in [-0.15, -0.1) is 0 Å². The molecule has 0 aliphatic carbocycles. The highest BCUT2D eigenvalue weighted by molar-refractivity contribution is 6.04. The predicted octanol–water partition coefficient (Wildman–Crippen LogP) is 4.00. The summed E-state index contributed by atoms with van der Waals surface area (Å²) in [5.41, 5.74) is 1.52. The number of pyridine rings is 1. The summed E-state index contributed by atoms with van der Waals surface area (Å²) in [6.45, 7) is 1.92. The van der Waals surface area contributed by atoms with Gasteiger partial charge in [0.1, 0.15) is 28.7 Å². The van der Waals surface area contributed by atoms with Gasteiger partial charge in [-0.05, 0) is 36.8 Å². The fourth-order valence-electron chi connectivity index (χ4n) is 3.19. The monoisotopic (exact) mass is 401 g/mol. The van der Waals surface area contributed by atoms with E-state index in [1.54, 1.807) is 25.3 Å². The van der Waals surface area contributed by atoms with Crippen molar-refractivity contribution in [1.82, 2.24) is 14.8 Å². The van der Waals surface area contributed by atoms with Crippen LogP contribution < -0.4 is 10.1 Å². The third-order valence-corrected chi connectivity index (χ3v) is 4.67. The Labute approximate surface area is 171 Å². The van der Waals surface area contributed by atoms with E-state index in [-0.39, 0.29) is 16.9 Å². The van der Waals surface area contributed by atoms with Crippen molar-refractivity contribution >= 4 is 22.6 Å². The van der Waals surface area contributed by atoms with E-state index in [1.165, 1.54) is 29.1 Å². The number of fused-ring (bicyclic) bond motifs is 1. The van der Waals surface area contributed by atoms with Crippen LogP contribution in [0.25, 0.3) is 16.7 Å². The van der Waals surface area contributed by atoms with Gasteiger partial charge in [-0.3, -0.25) is 4.79 Å². The molecular formula is C22H16FN5O2. The molecule has 4 aromatic rings. The van der Waals surface area contributed by atoms with E-state index < -0.39 is 11.7 Å². The van der Waals surface area contributed by atoms with Gasteiger partial charge in [0.25, 0.3) is 5.91 Å². The number of carbonyl (C=O) groups is 1. The predicted molar refractivity (Wildman–Crippen MR) is 109 cm³/mol. The second-order valence-electron chi connectivity index (χ2n) is 6.52. The lowest BCUT2D eigenvalue weighted by Gasteiger charge is -2.12. The maximum atomic E-state index is 14.0. The third-order valence-electron chi connectivity index (χ3n) is 4.67. The van der Waals surface area contributed by atoms with E-state index in [0.29, 0.717) is 17.1 Å². The Bertz CT molecular complexity index is 1320. The van der Waals surface area contributed by atoms with E-state index in [0.717, 1.165) is 10.9 Å². The lowest BCUT2D eigenvalue weighted by Crippen LogP contribution is -2.17. The first-order valence-electron chi connectivity index (χ1n) is 9.02. The van der Waals surface area contributed by atoms with Crippen LogP contribution in [0, 0.1) is 24.1 Å². The fourth-order valence-corrected chi connectivity index (χ4v) is 3.19. The van der Waals surface area contributed by atoms with Crippen molar-refractivity contribution in [2.24, 2.45) is 0 Å². The summed E-state index contributed by atoms with van der Waals surface area (Å²) in [5, 5.41) is 17.2. The molecule has 0 radical (unpaired) electrons. The summed E-state index contributed by atoms with van der Waals surface area (Å²) in [5.74, 6) is -0.283. The fraction of sp³-hybridized carbons (Fsp3) is 0.0909. The van der Waals surface area contributed by atoms with Gasteiger partial charge in [0.2, 0.25) is 0 Å². The van der Waals surface area contributed by atoms with Crippen LogP contribution in [-0.4, -0.2) is 27.8 Å².